The first-order chi connectivity index (χ1) is 13.3. The second-order valence-corrected chi connectivity index (χ2v) is 11.7. The quantitative estimate of drug-likeness (QED) is 0.753. The molecule has 1 aromatic carbocycles. The van der Waals surface area contributed by atoms with Crippen molar-refractivity contribution < 1.29 is 26.4 Å². The maximum atomic E-state index is 13.0. The molecule has 0 unspecified atom stereocenters. The first-order valence-corrected chi connectivity index (χ1v) is 12.3. The van der Waals surface area contributed by atoms with Gasteiger partial charge in [-0.2, -0.15) is 4.31 Å². The molecule has 160 valence electrons. The molecule has 0 radical (unpaired) electrons. The molecule has 1 aromatic heterocycles. The van der Waals surface area contributed by atoms with Gasteiger partial charge >= 0.3 is 6.09 Å². The number of rotatable bonds is 3. The first-order valence-electron chi connectivity index (χ1n) is 8.95. The lowest BCUT2D eigenvalue weighted by molar-refractivity contribution is 0.0192. The van der Waals surface area contributed by atoms with Crippen LogP contribution in [0.2, 0.25) is 0 Å². The predicted octanol–water partition coefficient (Wildman–Crippen LogP) is 1.21. The van der Waals surface area contributed by atoms with Gasteiger partial charge in [-0.25, -0.2) is 26.6 Å². The molecule has 0 spiro atoms. The molecule has 12 heteroatoms. The van der Waals surface area contributed by atoms with E-state index in [0.717, 1.165) is 6.26 Å². The molecule has 1 aliphatic heterocycles. The number of benzene rings is 1. The minimum absolute atomic E-state index is 0.0272. The number of nitrogens with one attached hydrogen (secondary N) is 1. The van der Waals surface area contributed by atoms with Crippen LogP contribution in [0.4, 0.5) is 4.79 Å². The number of piperazine rings is 1. The van der Waals surface area contributed by atoms with Crippen LogP contribution in [0, 0.1) is 0 Å². The van der Waals surface area contributed by atoms with Crippen LogP contribution in [-0.4, -0.2) is 80.1 Å². The van der Waals surface area contributed by atoms with Crippen molar-refractivity contribution in [3.63, 3.8) is 0 Å². The van der Waals surface area contributed by atoms with Gasteiger partial charge in [0.1, 0.15) is 5.60 Å². The van der Waals surface area contributed by atoms with Crippen LogP contribution in [0.5, 0.6) is 0 Å². The lowest BCUT2D eigenvalue weighted by atomic mass is 10.2. The number of hydrogen-bond acceptors (Lipinski definition) is 7. The van der Waals surface area contributed by atoms with Gasteiger partial charge in [0.2, 0.25) is 25.0 Å². The molecule has 1 saturated heterocycles. The summed E-state index contributed by atoms with van der Waals surface area (Å²) in [6.45, 7) is 6.02. The molecule has 0 atom stereocenters. The Bertz CT molecular complexity index is 1140. The second kappa shape index (κ2) is 7.26. The molecule has 2 aromatic rings. The molecular weight excluding hydrogens is 420 g/mol. The molecule has 1 aliphatic rings. The molecule has 1 amide bonds. The third-order valence-electron chi connectivity index (χ3n) is 4.31. The fourth-order valence-corrected chi connectivity index (χ4v) is 4.90. The number of nitrogens with zero attached hydrogens (tertiary/aromatic N) is 3. The van der Waals surface area contributed by atoms with E-state index in [4.69, 9.17) is 4.74 Å². The zero-order valence-electron chi connectivity index (χ0n) is 16.7. The standard InChI is InChI=1S/C17H24N4O6S2/c1-17(2,3)27-16(22)20-7-9-21(10-8-20)29(25,26)12-5-6-13-14(11-12)19-15(18-13)28(4,23)24/h5-6,11H,7-10H2,1-4H3,(H,18,19). The number of hydrogen-bond donors (Lipinski definition) is 1. The van der Waals surface area contributed by atoms with Gasteiger partial charge in [0.15, 0.2) is 0 Å². The average molecular weight is 445 g/mol. The van der Waals surface area contributed by atoms with Crippen LogP contribution < -0.4 is 0 Å². The number of carbonyl (C=O) groups excluding carboxylic acids is 1. The summed E-state index contributed by atoms with van der Waals surface area (Å²) in [5.41, 5.74) is 0.0583. The topological polar surface area (TPSA) is 130 Å². The highest BCUT2D eigenvalue weighted by molar-refractivity contribution is 7.90. The van der Waals surface area contributed by atoms with Crippen LogP contribution in [0.25, 0.3) is 11.0 Å². The van der Waals surface area contributed by atoms with Crippen molar-refractivity contribution in [3.8, 4) is 0 Å². The smallest absolute Gasteiger partial charge is 0.410 e. The number of sulfone groups is 1. The van der Waals surface area contributed by atoms with Crippen molar-refractivity contribution >= 4 is 37.0 Å². The molecule has 0 bridgehead atoms. The van der Waals surface area contributed by atoms with E-state index in [0.29, 0.717) is 11.0 Å². The van der Waals surface area contributed by atoms with E-state index in [2.05, 4.69) is 9.97 Å². The third-order valence-corrected chi connectivity index (χ3v) is 7.10. The SMILES string of the molecule is CC(C)(C)OC(=O)N1CCN(S(=O)(=O)c2ccc3nc(S(C)(=O)=O)[nH]c3c2)CC1. The van der Waals surface area contributed by atoms with Crippen molar-refractivity contribution in [3.05, 3.63) is 18.2 Å². The third kappa shape index (κ3) is 4.70. The van der Waals surface area contributed by atoms with E-state index in [9.17, 15) is 21.6 Å². The Morgan fingerprint density at radius 3 is 2.28 bits per heavy atom. The predicted molar refractivity (Wildman–Crippen MR) is 106 cm³/mol. The van der Waals surface area contributed by atoms with Crippen LogP contribution >= 0.6 is 0 Å². The van der Waals surface area contributed by atoms with Crippen molar-refractivity contribution in [2.75, 3.05) is 32.4 Å². The normalized spacial score (nSPS) is 16.9. The summed E-state index contributed by atoms with van der Waals surface area (Å²) >= 11 is 0. The number of ether oxygens (including phenoxy) is 1. The number of H-pyrrole nitrogens is 1. The van der Waals surface area contributed by atoms with Gasteiger partial charge < -0.3 is 14.6 Å². The number of aromatic nitrogens is 2. The summed E-state index contributed by atoms with van der Waals surface area (Å²) in [6.07, 6.45) is 0.550. The highest BCUT2D eigenvalue weighted by Gasteiger charge is 2.32. The Balaban J connectivity index is 1.77. The summed E-state index contributed by atoms with van der Waals surface area (Å²) in [6, 6.07) is 4.22. The summed E-state index contributed by atoms with van der Waals surface area (Å²) in [5.74, 6) is 0. The minimum Gasteiger partial charge on any atom is -0.444 e. The number of fused-ring (bicyclic) bond motifs is 1. The molecule has 29 heavy (non-hydrogen) atoms. The van der Waals surface area contributed by atoms with E-state index in [-0.39, 0.29) is 36.2 Å². The number of amides is 1. The van der Waals surface area contributed by atoms with Gasteiger partial charge in [-0.1, -0.05) is 0 Å². The fourth-order valence-electron chi connectivity index (χ4n) is 2.89. The summed E-state index contributed by atoms with van der Waals surface area (Å²) in [7, 11) is -7.34. The first kappa shape index (κ1) is 21.5. The van der Waals surface area contributed by atoms with E-state index in [1.807, 2.05) is 0 Å². The van der Waals surface area contributed by atoms with Crippen molar-refractivity contribution in [1.82, 2.24) is 19.2 Å². The van der Waals surface area contributed by atoms with Crippen molar-refractivity contribution in [2.45, 2.75) is 36.4 Å². The van der Waals surface area contributed by atoms with Gasteiger partial charge in [-0.15, -0.1) is 0 Å². The molecule has 3 rings (SSSR count). The summed E-state index contributed by atoms with van der Waals surface area (Å²) < 4.78 is 55.9. The maximum Gasteiger partial charge on any atom is 0.410 e. The number of imidazole rings is 1. The zero-order valence-corrected chi connectivity index (χ0v) is 18.3. The van der Waals surface area contributed by atoms with Crippen molar-refractivity contribution in [1.29, 1.82) is 0 Å². The van der Waals surface area contributed by atoms with E-state index in [1.54, 1.807) is 20.8 Å². The van der Waals surface area contributed by atoms with Gasteiger partial charge in [-0.05, 0) is 39.0 Å². The largest absolute Gasteiger partial charge is 0.444 e. The summed E-state index contributed by atoms with van der Waals surface area (Å²) in [4.78, 5) is 20.3. The Morgan fingerprint density at radius 2 is 1.72 bits per heavy atom. The van der Waals surface area contributed by atoms with Crippen LogP contribution in [0.15, 0.2) is 28.3 Å². The number of aromatic amines is 1. The van der Waals surface area contributed by atoms with Crippen LogP contribution in [0.3, 0.4) is 0 Å². The monoisotopic (exact) mass is 444 g/mol. The van der Waals surface area contributed by atoms with E-state index in [1.165, 1.54) is 27.4 Å². The van der Waals surface area contributed by atoms with E-state index >= 15 is 0 Å². The number of carbonyl (C=O) groups is 1. The Kier molecular flexibility index (Phi) is 5.39. The molecule has 0 saturated carbocycles. The number of sulfonamides is 1. The van der Waals surface area contributed by atoms with E-state index < -0.39 is 31.6 Å². The van der Waals surface area contributed by atoms with Crippen LogP contribution in [-0.2, 0) is 24.6 Å². The summed E-state index contributed by atoms with van der Waals surface area (Å²) in [5, 5.41) is -0.215. The minimum atomic E-state index is -3.81. The Labute approximate surface area is 169 Å². The zero-order chi connectivity index (χ0) is 21.6. The lowest BCUT2D eigenvalue weighted by Gasteiger charge is -2.34. The maximum absolute atomic E-state index is 13.0. The lowest BCUT2D eigenvalue weighted by Crippen LogP contribution is -2.51. The van der Waals surface area contributed by atoms with Gasteiger partial charge in [-0.3, -0.25) is 0 Å². The Hall–Kier alpha value is -2.18. The fraction of sp³-hybridized carbons (Fsp3) is 0.529. The molecular formula is C17H24N4O6S2. The Morgan fingerprint density at radius 1 is 1.10 bits per heavy atom. The molecule has 1 N–H and O–H groups in total. The molecule has 1 fully saturated rings. The van der Waals surface area contributed by atoms with Gasteiger partial charge in [0.05, 0.1) is 15.9 Å². The highest BCUT2D eigenvalue weighted by Crippen LogP contribution is 2.23. The highest BCUT2D eigenvalue weighted by atomic mass is 32.2. The van der Waals surface area contributed by atoms with Gasteiger partial charge in [0, 0.05) is 32.4 Å². The van der Waals surface area contributed by atoms with Crippen molar-refractivity contribution in [2.24, 2.45) is 0 Å². The average Bonchev–Trinajstić information content (AvgIpc) is 3.04. The second-order valence-electron chi connectivity index (χ2n) is 7.86. The molecule has 2 heterocycles. The van der Waals surface area contributed by atoms with Crippen LogP contribution in [0.1, 0.15) is 20.8 Å². The molecule has 0 aliphatic carbocycles. The van der Waals surface area contributed by atoms with Gasteiger partial charge in [0.25, 0.3) is 0 Å². The molecule has 10 nitrogen and oxygen atoms in total.